The summed E-state index contributed by atoms with van der Waals surface area (Å²) in [6, 6.07) is 1.03. The molecular formula is C14H19FN4O2. The highest BCUT2D eigenvalue weighted by molar-refractivity contribution is 5.99. The van der Waals surface area contributed by atoms with Crippen LogP contribution in [0.1, 0.15) is 36.5 Å². The van der Waals surface area contributed by atoms with Crippen molar-refractivity contribution in [3.8, 4) is 0 Å². The summed E-state index contributed by atoms with van der Waals surface area (Å²) in [5, 5.41) is 8.50. The number of pyridine rings is 1. The third kappa shape index (κ3) is 4.14. The number of anilines is 1. The molecule has 1 aliphatic heterocycles. The number of carbonyl (C=O) groups excluding carboxylic acids is 2. The van der Waals surface area contributed by atoms with Crippen LogP contribution >= 0.6 is 0 Å². The Morgan fingerprint density at radius 3 is 3.05 bits per heavy atom. The number of carbonyl (C=O) groups is 2. The third-order valence-electron chi connectivity index (χ3n) is 3.24. The molecular weight excluding hydrogens is 275 g/mol. The maximum atomic E-state index is 13.3. The van der Waals surface area contributed by atoms with Crippen LogP contribution < -0.4 is 16.0 Å². The number of nitrogens with one attached hydrogen (secondary N) is 3. The molecule has 7 heteroatoms. The summed E-state index contributed by atoms with van der Waals surface area (Å²) in [5.41, 5.74) is 0.181. The van der Waals surface area contributed by atoms with E-state index in [1.807, 2.05) is 6.92 Å². The van der Waals surface area contributed by atoms with Crippen molar-refractivity contribution >= 4 is 17.6 Å². The number of halogens is 1. The zero-order chi connectivity index (χ0) is 15.2. The Hall–Kier alpha value is -2.18. The maximum Gasteiger partial charge on any atom is 0.255 e. The lowest BCUT2D eigenvalue weighted by atomic mass is 10.1. The Morgan fingerprint density at radius 1 is 1.57 bits per heavy atom. The Balaban J connectivity index is 2.06. The topological polar surface area (TPSA) is 83.1 Å². The summed E-state index contributed by atoms with van der Waals surface area (Å²) in [5.74, 6) is -0.588. The van der Waals surface area contributed by atoms with Crippen LogP contribution in [-0.4, -0.2) is 35.9 Å². The predicted octanol–water partition coefficient (Wildman–Crippen LogP) is 1.05. The number of aromatic nitrogens is 1. The van der Waals surface area contributed by atoms with E-state index in [-0.39, 0.29) is 23.4 Å². The van der Waals surface area contributed by atoms with Gasteiger partial charge in [-0.3, -0.25) is 9.59 Å². The number of hydrogen-bond acceptors (Lipinski definition) is 4. The van der Waals surface area contributed by atoms with E-state index < -0.39 is 5.82 Å². The number of rotatable bonds is 5. The summed E-state index contributed by atoms with van der Waals surface area (Å²) < 4.78 is 13.3. The second-order valence-electron chi connectivity index (χ2n) is 4.99. The first-order valence-electron chi connectivity index (χ1n) is 7.07. The van der Waals surface area contributed by atoms with Crippen molar-refractivity contribution in [2.24, 2.45) is 0 Å². The van der Waals surface area contributed by atoms with Gasteiger partial charge in [-0.1, -0.05) is 6.92 Å². The standard InChI is InChI=1S/C14H19FN4O2/c1-2-5-16-13-11(6-9(15)7-18-13)14(21)19-10-3-4-12(20)17-8-10/h6-7,10H,2-5,8H2,1H3,(H,16,18)(H,17,20)(H,19,21). The molecule has 2 amide bonds. The van der Waals surface area contributed by atoms with E-state index in [2.05, 4.69) is 20.9 Å². The van der Waals surface area contributed by atoms with Gasteiger partial charge in [-0.25, -0.2) is 9.37 Å². The fraction of sp³-hybridized carbons (Fsp3) is 0.500. The average Bonchev–Trinajstić information content (AvgIpc) is 2.48. The van der Waals surface area contributed by atoms with Gasteiger partial charge >= 0.3 is 0 Å². The minimum atomic E-state index is -0.556. The number of piperidine rings is 1. The SMILES string of the molecule is CCCNc1ncc(F)cc1C(=O)NC1CCC(=O)NC1. The fourth-order valence-corrected chi connectivity index (χ4v) is 2.12. The lowest BCUT2D eigenvalue weighted by molar-refractivity contribution is -0.122. The Bertz CT molecular complexity index is 526. The molecule has 1 aliphatic rings. The zero-order valence-corrected chi connectivity index (χ0v) is 11.9. The van der Waals surface area contributed by atoms with Crippen molar-refractivity contribution in [1.29, 1.82) is 0 Å². The summed E-state index contributed by atoms with van der Waals surface area (Å²) in [7, 11) is 0. The smallest absolute Gasteiger partial charge is 0.255 e. The van der Waals surface area contributed by atoms with E-state index in [9.17, 15) is 14.0 Å². The van der Waals surface area contributed by atoms with E-state index in [4.69, 9.17) is 0 Å². The molecule has 0 radical (unpaired) electrons. The van der Waals surface area contributed by atoms with E-state index in [1.165, 1.54) is 6.07 Å². The van der Waals surface area contributed by atoms with Crippen molar-refractivity contribution in [2.75, 3.05) is 18.4 Å². The first kappa shape index (κ1) is 15.2. The van der Waals surface area contributed by atoms with E-state index in [0.29, 0.717) is 31.7 Å². The van der Waals surface area contributed by atoms with Gasteiger partial charge in [-0.2, -0.15) is 0 Å². The summed E-state index contributed by atoms with van der Waals surface area (Å²) >= 11 is 0. The van der Waals surface area contributed by atoms with Crippen molar-refractivity contribution in [3.63, 3.8) is 0 Å². The van der Waals surface area contributed by atoms with Crippen molar-refractivity contribution in [1.82, 2.24) is 15.6 Å². The van der Waals surface area contributed by atoms with Crippen LogP contribution in [0, 0.1) is 5.82 Å². The number of amides is 2. The van der Waals surface area contributed by atoms with Crippen LogP contribution in [0.2, 0.25) is 0 Å². The van der Waals surface area contributed by atoms with E-state index >= 15 is 0 Å². The van der Waals surface area contributed by atoms with Gasteiger partial charge in [-0.05, 0) is 18.9 Å². The minimum absolute atomic E-state index is 0.0155. The molecule has 1 fully saturated rings. The number of nitrogens with zero attached hydrogens (tertiary/aromatic N) is 1. The molecule has 3 N–H and O–H groups in total. The van der Waals surface area contributed by atoms with Gasteiger partial charge in [0.1, 0.15) is 11.6 Å². The molecule has 1 aromatic heterocycles. The lowest BCUT2D eigenvalue weighted by Crippen LogP contribution is -2.47. The molecule has 2 heterocycles. The molecule has 1 aromatic rings. The van der Waals surface area contributed by atoms with Gasteiger partial charge in [0.05, 0.1) is 11.8 Å². The highest BCUT2D eigenvalue weighted by Gasteiger charge is 2.22. The molecule has 1 atom stereocenters. The molecule has 114 valence electrons. The fourth-order valence-electron chi connectivity index (χ4n) is 2.12. The van der Waals surface area contributed by atoms with Crippen molar-refractivity contribution < 1.29 is 14.0 Å². The maximum absolute atomic E-state index is 13.3. The van der Waals surface area contributed by atoms with E-state index in [1.54, 1.807) is 0 Å². The van der Waals surface area contributed by atoms with Crippen LogP contribution in [0.5, 0.6) is 0 Å². The molecule has 1 unspecified atom stereocenters. The van der Waals surface area contributed by atoms with Crippen LogP contribution in [0.3, 0.4) is 0 Å². The first-order chi connectivity index (χ1) is 10.1. The van der Waals surface area contributed by atoms with Gasteiger partial charge in [-0.15, -0.1) is 0 Å². The van der Waals surface area contributed by atoms with Crippen LogP contribution in [0.25, 0.3) is 0 Å². The Morgan fingerprint density at radius 2 is 2.38 bits per heavy atom. The van der Waals surface area contributed by atoms with E-state index in [0.717, 1.165) is 12.6 Å². The van der Waals surface area contributed by atoms with Gasteiger partial charge < -0.3 is 16.0 Å². The largest absolute Gasteiger partial charge is 0.369 e. The van der Waals surface area contributed by atoms with Crippen LogP contribution in [-0.2, 0) is 4.79 Å². The normalized spacial score (nSPS) is 18.0. The van der Waals surface area contributed by atoms with Gasteiger partial charge in [0.2, 0.25) is 5.91 Å². The van der Waals surface area contributed by atoms with Crippen molar-refractivity contribution in [2.45, 2.75) is 32.2 Å². The molecule has 0 spiro atoms. The first-order valence-corrected chi connectivity index (χ1v) is 7.07. The van der Waals surface area contributed by atoms with Crippen molar-refractivity contribution in [3.05, 3.63) is 23.6 Å². The van der Waals surface area contributed by atoms with Gasteiger partial charge in [0, 0.05) is 25.6 Å². The lowest BCUT2D eigenvalue weighted by Gasteiger charge is -2.23. The second-order valence-corrected chi connectivity index (χ2v) is 4.99. The Labute approximate surface area is 122 Å². The highest BCUT2D eigenvalue weighted by Crippen LogP contribution is 2.14. The predicted molar refractivity (Wildman–Crippen MR) is 76.5 cm³/mol. The average molecular weight is 294 g/mol. The molecule has 0 saturated carbocycles. The van der Waals surface area contributed by atoms with Gasteiger partial charge in [0.15, 0.2) is 0 Å². The molecule has 0 aromatic carbocycles. The molecule has 21 heavy (non-hydrogen) atoms. The third-order valence-corrected chi connectivity index (χ3v) is 3.24. The zero-order valence-electron chi connectivity index (χ0n) is 11.9. The molecule has 6 nitrogen and oxygen atoms in total. The van der Waals surface area contributed by atoms with Crippen LogP contribution in [0.15, 0.2) is 12.3 Å². The molecule has 0 bridgehead atoms. The second kappa shape index (κ2) is 7.01. The number of hydrogen-bond donors (Lipinski definition) is 3. The molecule has 2 rings (SSSR count). The highest BCUT2D eigenvalue weighted by atomic mass is 19.1. The molecule has 1 saturated heterocycles. The summed E-state index contributed by atoms with van der Waals surface area (Å²) in [4.78, 5) is 27.3. The van der Waals surface area contributed by atoms with Gasteiger partial charge in [0.25, 0.3) is 5.91 Å². The minimum Gasteiger partial charge on any atom is -0.369 e. The molecule has 0 aliphatic carbocycles. The monoisotopic (exact) mass is 294 g/mol. The summed E-state index contributed by atoms with van der Waals surface area (Å²) in [6.45, 7) is 3.03. The van der Waals surface area contributed by atoms with Crippen LogP contribution in [0.4, 0.5) is 10.2 Å². The Kier molecular flexibility index (Phi) is 5.08. The summed E-state index contributed by atoms with van der Waals surface area (Å²) in [6.07, 6.45) is 2.91. The quantitative estimate of drug-likeness (QED) is 0.758.